The molecule has 1 aromatic carbocycles. The van der Waals surface area contributed by atoms with Crippen LogP contribution in [0.5, 0.6) is 5.75 Å². The number of β-amino-alcohol motifs (C(OH)–C–C–N with tert-alkyl or cyclic N) is 1. The molecule has 1 saturated heterocycles. The fourth-order valence-electron chi connectivity index (χ4n) is 2.35. The molecule has 1 aliphatic rings. The lowest BCUT2D eigenvalue weighted by Gasteiger charge is -2.20. The molecule has 0 saturated carbocycles. The van der Waals surface area contributed by atoms with Gasteiger partial charge in [-0.05, 0) is 38.1 Å². The Balaban J connectivity index is 1.82. The van der Waals surface area contributed by atoms with Crippen LogP contribution in [0.1, 0.15) is 12.8 Å². The Kier molecular flexibility index (Phi) is 5.48. The van der Waals surface area contributed by atoms with E-state index < -0.39 is 0 Å². The van der Waals surface area contributed by atoms with Gasteiger partial charge in [-0.15, -0.1) is 0 Å². The van der Waals surface area contributed by atoms with Crippen LogP contribution in [-0.4, -0.2) is 49.4 Å². The molecule has 4 nitrogen and oxygen atoms in total. The summed E-state index contributed by atoms with van der Waals surface area (Å²) in [5.41, 5.74) is 0.951. The molecule has 1 unspecified atom stereocenters. The van der Waals surface area contributed by atoms with Gasteiger partial charge in [-0.2, -0.15) is 0 Å². The largest absolute Gasteiger partial charge is 0.497 e. The van der Waals surface area contributed by atoms with Crippen molar-refractivity contribution < 1.29 is 9.84 Å². The van der Waals surface area contributed by atoms with E-state index in [-0.39, 0.29) is 6.10 Å². The molecule has 2 rings (SSSR count). The minimum Gasteiger partial charge on any atom is -0.497 e. The van der Waals surface area contributed by atoms with Gasteiger partial charge in [0.25, 0.3) is 0 Å². The second-order valence-electron chi connectivity index (χ2n) is 4.92. The van der Waals surface area contributed by atoms with Crippen molar-refractivity contribution in [3.63, 3.8) is 0 Å². The SMILES string of the molecule is COc1cc(Br)cc(NCC(O)CN2CCCC2)c1. The fourth-order valence-corrected chi connectivity index (χ4v) is 2.82. The van der Waals surface area contributed by atoms with Crippen LogP contribution in [0.4, 0.5) is 5.69 Å². The van der Waals surface area contributed by atoms with Gasteiger partial charge in [0.15, 0.2) is 0 Å². The topological polar surface area (TPSA) is 44.7 Å². The van der Waals surface area contributed by atoms with Crippen LogP contribution < -0.4 is 10.1 Å². The molecule has 19 heavy (non-hydrogen) atoms. The van der Waals surface area contributed by atoms with E-state index in [9.17, 15) is 5.11 Å². The highest BCUT2D eigenvalue weighted by Gasteiger charge is 2.15. The van der Waals surface area contributed by atoms with E-state index in [1.165, 1.54) is 12.8 Å². The van der Waals surface area contributed by atoms with Crippen molar-refractivity contribution in [3.8, 4) is 5.75 Å². The number of nitrogens with zero attached hydrogens (tertiary/aromatic N) is 1. The molecule has 1 fully saturated rings. The molecule has 0 aromatic heterocycles. The number of benzene rings is 1. The molecule has 0 spiro atoms. The maximum Gasteiger partial charge on any atom is 0.122 e. The highest BCUT2D eigenvalue weighted by atomic mass is 79.9. The third-order valence-electron chi connectivity index (χ3n) is 3.32. The first-order valence-electron chi connectivity index (χ1n) is 6.66. The van der Waals surface area contributed by atoms with Gasteiger partial charge in [0.05, 0.1) is 13.2 Å². The summed E-state index contributed by atoms with van der Waals surface area (Å²) in [6, 6.07) is 5.81. The second-order valence-corrected chi connectivity index (χ2v) is 5.84. The van der Waals surface area contributed by atoms with Gasteiger partial charge in [0.1, 0.15) is 5.75 Å². The Morgan fingerprint density at radius 1 is 1.37 bits per heavy atom. The molecular formula is C14H21BrN2O2. The minimum atomic E-state index is -0.344. The van der Waals surface area contributed by atoms with Crippen LogP contribution in [0.15, 0.2) is 22.7 Å². The molecule has 1 aliphatic heterocycles. The molecular weight excluding hydrogens is 308 g/mol. The van der Waals surface area contributed by atoms with Crippen molar-refractivity contribution in [3.05, 3.63) is 22.7 Å². The highest BCUT2D eigenvalue weighted by Crippen LogP contribution is 2.24. The number of hydrogen-bond acceptors (Lipinski definition) is 4. The van der Waals surface area contributed by atoms with Crippen LogP contribution in [0.2, 0.25) is 0 Å². The number of anilines is 1. The molecule has 0 aliphatic carbocycles. The van der Waals surface area contributed by atoms with Gasteiger partial charge in [0, 0.05) is 29.3 Å². The van der Waals surface area contributed by atoms with Crippen molar-refractivity contribution in [2.45, 2.75) is 18.9 Å². The highest BCUT2D eigenvalue weighted by molar-refractivity contribution is 9.10. The average Bonchev–Trinajstić information content (AvgIpc) is 2.88. The van der Waals surface area contributed by atoms with Crippen molar-refractivity contribution in [2.75, 3.05) is 38.6 Å². The summed E-state index contributed by atoms with van der Waals surface area (Å²) in [6.45, 7) is 3.53. The lowest BCUT2D eigenvalue weighted by Crippen LogP contribution is -2.34. The number of methoxy groups -OCH3 is 1. The van der Waals surface area contributed by atoms with E-state index in [0.29, 0.717) is 6.54 Å². The Morgan fingerprint density at radius 3 is 2.79 bits per heavy atom. The molecule has 1 atom stereocenters. The van der Waals surface area contributed by atoms with Crippen molar-refractivity contribution in [1.29, 1.82) is 0 Å². The third kappa shape index (κ3) is 4.67. The Hall–Kier alpha value is -0.780. The smallest absolute Gasteiger partial charge is 0.122 e. The second kappa shape index (κ2) is 7.12. The third-order valence-corrected chi connectivity index (χ3v) is 3.77. The Bertz CT molecular complexity index is 408. The predicted octanol–water partition coefficient (Wildman–Crippen LogP) is 2.33. The molecule has 1 heterocycles. The van der Waals surface area contributed by atoms with Gasteiger partial charge in [0.2, 0.25) is 0 Å². The number of ether oxygens (including phenoxy) is 1. The van der Waals surface area contributed by atoms with E-state index in [2.05, 4.69) is 26.1 Å². The number of aliphatic hydroxyl groups is 1. The molecule has 1 aromatic rings. The van der Waals surface area contributed by atoms with Gasteiger partial charge >= 0.3 is 0 Å². The van der Waals surface area contributed by atoms with Crippen LogP contribution in [0.3, 0.4) is 0 Å². The summed E-state index contributed by atoms with van der Waals surface area (Å²) in [7, 11) is 1.65. The summed E-state index contributed by atoms with van der Waals surface area (Å²) < 4.78 is 6.17. The summed E-state index contributed by atoms with van der Waals surface area (Å²) in [5.74, 6) is 0.797. The molecule has 0 bridgehead atoms. The molecule has 106 valence electrons. The van der Waals surface area contributed by atoms with Gasteiger partial charge in [-0.25, -0.2) is 0 Å². The first-order chi connectivity index (χ1) is 9.17. The molecule has 2 N–H and O–H groups in total. The normalized spacial score (nSPS) is 17.4. The van der Waals surface area contributed by atoms with Gasteiger partial charge in [-0.1, -0.05) is 15.9 Å². The lowest BCUT2D eigenvalue weighted by molar-refractivity contribution is 0.135. The van der Waals surface area contributed by atoms with Crippen LogP contribution in [-0.2, 0) is 0 Å². The van der Waals surface area contributed by atoms with Crippen LogP contribution in [0, 0.1) is 0 Å². The van der Waals surface area contributed by atoms with Crippen molar-refractivity contribution >= 4 is 21.6 Å². The summed E-state index contributed by atoms with van der Waals surface area (Å²) in [4.78, 5) is 2.31. The zero-order valence-corrected chi connectivity index (χ0v) is 12.8. The van der Waals surface area contributed by atoms with Gasteiger partial charge < -0.3 is 20.1 Å². The number of likely N-dealkylation sites (tertiary alicyclic amines) is 1. The lowest BCUT2D eigenvalue weighted by atomic mass is 10.2. The van der Waals surface area contributed by atoms with Gasteiger partial charge in [-0.3, -0.25) is 0 Å². The molecule has 0 radical (unpaired) electrons. The first-order valence-corrected chi connectivity index (χ1v) is 7.45. The standard InChI is InChI=1S/C14H21BrN2O2/c1-19-14-7-11(15)6-12(8-14)16-9-13(18)10-17-4-2-3-5-17/h6-8,13,16,18H,2-5,9-10H2,1H3. The average molecular weight is 329 g/mol. The van der Waals surface area contributed by atoms with Crippen LogP contribution >= 0.6 is 15.9 Å². The summed E-state index contributed by atoms with van der Waals surface area (Å²) >= 11 is 3.44. The van der Waals surface area contributed by atoms with E-state index in [1.54, 1.807) is 7.11 Å². The zero-order valence-electron chi connectivity index (χ0n) is 11.2. The maximum atomic E-state index is 10.0. The fraction of sp³-hybridized carbons (Fsp3) is 0.571. The van der Waals surface area contributed by atoms with E-state index in [0.717, 1.165) is 35.5 Å². The summed E-state index contributed by atoms with van der Waals surface area (Å²) in [5, 5.41) is 13.3. The number of nitrogens with one attached hydrogen (secondary N) is 1. The first kappa shape index (κ1) is 14.6. The van der Waals surface area contributed by atoms with E-state index >= 15 is 0 Å². The predicted molar refractivity (Wildman–Crippen MR) is 80.9 cm³/mol. The quantitative estimate of drug-likeness (QED) is 0.841. The van der Waals surface area contributed by atoms with E-state index in [1.807, 2.05) is 18.2 Å². The summed E-state index contributed by atoms with van der Waals surface area (Å²) in [6.07, 6.45) is 2.16. The monoisotopic (exact) mass is 328 g/mol. The van der Waals surface area contributed by atoms with E-state index in [4.69, 9.17) is 4.74 Å². The zero-order chi connectivity index (χ0) is 13.7. The maximum absolute atomic E-state index is 10.0. The molecule has 5 heteroatoms. The number of rotatable bonds is 6. The number of aliphatic hydroxyl groups excluding tert-OH is 1. The number of halogens is 1. The van der Waals surface area contributed by atoms with Crippen molar-refractivity contribution in [2.24, 2.45) is 0 Å². The minimum absolute atomic E-state index is 0.344. The van der Waals surface area contributed by atoms with Crippen molar-refractivity contribution in [1.82, 2.24) is 4.90 Å². The van der Waals surface area contributed by atoms with Crippen LogP contribution in [0.25, 0.3) is 0 Å². The molecule has 0 amide bonds. The Labute approximate surface area is 122 Å². The Morgan fingerprint density at radius 2 is 2.11 bits per heavy atom. The number of hydrogen-bond donors (Lipinski definition) is 2.